The van der Waals surface area contributed by atoms with Crippen LogP contribution in [0.25, 0.3) is 11.1 Å². The molecular weight excluding hydrogens is 523 g/mol. The van der Waals surface area contributed by atoms with E-state index in [1.165, 1.54) is 54.8 Å². The molecule has 4 aliphatic carbocycles. The van der Waals surface area contributed by atoms with Crippen molar-refractivity contribution in [1.82, 2.24) is 0 Å². The second-order valence-corrected chi connectivity index (χ2v) is 12.2. The molecule has 0 saturated heterocycles. The van der Waals surface area contributed by atoms with Gasteiger partial charge in [0, 0.05) is 19.8 Å². The Balaban J connectivity index is 0.000000142. The molecule has 1 nitrogen and oxygen atoms in total. The second-order valence-electron chi connectivity index (χ2n) is 10.4. The van der Waals surface area contributed by atoms with Crippen LogP contribution in [0.15, 0.2) is 48.5 Å². The van der Waals surface area contributed by atoms with Gasteiger partial charge in [-0.2, -0.15) is 0 Å². The molecule has 7 atom stereocenters. The van der Waals surface area contributed by atoms with Crippen LogP contribution in [0.4, 0.5) is 5.69 Å². The van der Waals surface area contributed by atoms with Gasteiger partial charge in [0.05, 0.1) is 0 Å². The van der Waals surface area contributed by atoms with Crippen molar-refractivity contribution in [3.63, 3.8) is 0 Å². The minimum atomic E-state index is 1.14. The van der Waals surface area contributed by atoms with Crippen LogP contribution in [-0.2, 0) is 18.2 Å². The minimum absolute atomic E-state index is 1.14. The van der Waals surface area contributed by atoms with Crippen molar-refractivity contribution in [1.29, 1.82) is 0 Å². The van der Waals surface area contributed by atoms with Crippen molar-refractivity contribution in [2.45, 2.75) is 62.7 Å². The van der Waals surface area contributed by atoms with Crippen LogP contribution < -0.4 is 4.90 Å². The number of anilines is 1. The molecule has 4 saturated carbocycles. The Kier molecular flexibility index (Phi) is 9.16. The summed E-state index contributed by atoms with van der Waals surface area (Å²) in [5, 5.41) is 0. The fourth-order valence-corrected chi connectivity index (χ4v) is 9.46. The predicted molar refractivity (Wildman–Crippen MR) is 138 cm³/mol. The monoisotopic (exact) mass is 559 g/mol. The normalized spacial score (nSPS) is 31.9. The van der Waals surface area contributed by atoms with Crippen LogP contribution in [0, 0.1) is 29.7 Å². The average molecular weight is 560 g/mol. The van der Waals surface area contributed by atoms with E-state index in [1.54, 1.807) is 51.4 Å². The van der Waals surface area contributed by atoms with E-state index in [9.17, 15) is 0 Å². The zero-order valence-electron chi connectivity index (χ0n) is 19.4. The molecule has 0 amide bonds. The molecule has 0 radical (unpaired) electrons. The number of hydrogen-bond acceptors (Lipinski definition) is 1. The van der Waals surface area contributed by atoms with Gasteiger partial charge >= 0.3 is 27.7 Å². The van der Waals surface area contributed by atoms with Crippen LogP contribution in [0.1, 0.15) is 51.4 Å². The van der Waals surface area contributed by atoms with E-state index < -0.39 is 0 Å². The molecule has 6 rings (SSSR count). The van der Waals surface area contributed by atoms with E-state index in [4.69, 9.17) is 0 Å². The van der Waals surface area contributed by atoms with Crippen molar-refractivity contribution >= 4 is 23.8 Å². The van der Waals surface area contributed by atoms with E-state index in [1.807, 2.05) is 18.2 Å². The van der Waals surface area contributed by atoms with Crippen LogP contribution in [0.3, 0.4) is 0 Å². The summed E-state index contributed by atoms with van der Waals surface area (Å²) < 4.78 is 0. The molecule has 0 N–H and O–H groups in total. The molecule has 4 fully saturated rings. The van der Waals surface area contributed by atoms with Crippen molar-refractivity contribution < 1.29 is 18.2 Å². The van der Waals surface area contributed by atoms with Crippen molar-refractivity contribution in [3.8, 4) is 11.1 Å². The first-order chi connectivity index (χ1) is 15.7. The number of benzene rings is 2. The number of halogens is 1. The first-order valence-corrected chi connectivity index (χ1v) is 15.4. The Bertz CT molecular complexity index is 818. The topological polar surface area (TPSA) is 3.24 Å². The zero-order valence-corrected chi connectivity index (χ0v) is 22.7. The molecule has 4 aliphatic rings. The van der Waals surface area contributed by atoms with Crippen molar-refractivity contribution in [2.24, 2.45) is 23.7 Å². The van der Waals surface area contributed by atoms with Crippen LogP contribution in [-0.4, -0.2) is 25.4 Å². The molecule has 0 aliphatic heterocycles. The van der Waals surface area contributed by atoms with E-state index in [-0.39, 0.29) is 0 Å². The van der Waals surface area contributed by atoms with Crippen LogP contribution >= 0.6 is 18.1 Å². The van der Waals surface area contributed by atoms with Gasteiger partial charge in [-0.25, -0.2) is 0 Å². The molecule has 0 heterocycles. The Hall–Kier alpha value is -0.378. The fraction of sp³-hybridized carbons (Fsp3) is 0.571. The third kappa shape index (κ3) is 5.81. The Morgan fingerprint density at radius 2 is 1.41 bits per heavy atom. The van der Waals surface area contributed by atoms with E-state index in [2.05, 4.69) is 83.1 Å². The number of para-hydroxylation sites is 1. The van der Waals surface area contributed by atoms with Gasteiger partial charge in [-0.1, -0.05) is 36.6 Å². The average Bonchev–Trinajstić information content (AvgIpc) is 3.64. The molecule has 5 unspecified atom stereocenters. The molecule has 4 bridgehead atoms. The van der Waals surface area contributed by atoms with Gasteiger partial charge in [0.15, 0.2) is 0 Å². The molecule has 32 heavy (non-hydrogen) atoms. The third-order valence-corrected chi connectivity index (χ3v) is 10.6. The molecule has 0 spiro atoms. The summed E-state index contributed by atoms with van der Waals surface area (Å²) >= 11 is 2.22. The van der Waals surface area contributed by atoms with Gasteiger partial charge in [-0.15, -0.1) is 44.5 Å². The van der Waals surface area contributed by atoms with Gasteiger partial charge in [0.1, 0.15) is 0 Å². The van der Waals surface area contributed by atoms with Crippen molar-refractivity contribution in [3.05, 3.63) is 54.6 Å². The molecule has 176 valence electrons. The van der Waals surface area contributed by atoms with Gasteiger partial charge in [-0.3, -0.25) is 0 Å². The summed E-state index contributed by atoms with van der Waals surface area (Å²) in [6.45, 7) is 0. The predicted octanol–water partition coefficient (Wildman–Crippen LogP) is 7.95. The summed E-state index contributed by atoms with van der Waals surface area (Å²) in [7, 11) is 9.98. The summed E-state index contributed by atoms with van der Waals surface area (Å²) in [5.74, 6) is 4.72. The standard InChI is InChI=1S/C14H14N.C14H23P.ClH.Pd/c1-15(2)14-11-7-6-10-13(14)12-8-4-3-5-9-12;1-3-11-5-9(1)7-13(11)15-14-8-10-2-4-12(14)6-10;;/h3-8,10-11H,1-2H3;9-15H,1-8H2;1H;/q-1;;;+2/p-1/t;9-,10?,11+,12?,13?,14?;;/m.1../s1. The molecule has 4 heteroatoms. The van der Waals surface area contributed by atoms with Gasteiger partial charge in [-0.05, 0) is 79.6 Å². The fourth-order valence-electron chi connectivity index (χ4n) is 6.82. The maximum atomic E-state index is 4.49. The maximum absolute atomic E-state index is 4.49. The molecule has 2 aromatic carbocycles. The second kappa shape index (κ2) is 11.8. The van der Waals surface area contributed by atoms with E-state index >= 15 is 0 Å². The summed E-state index contributed by atoms with van der Waals surface area (Å²) in [4.78, 5) is 2.12. The van der Waals surface area contributed by atoms with Crippen molar-refractivity contribution in [2.75, 3.05) is 19.0 Å². The number of hydrogen-bond donors (Lipinski definition) is 0. The van der Waals surface area contributed by atoms with E-state index in [0.717, 1.165) is 5.56 Å². The number of rotatable bonds is 4. The Morgan fingerprint density at radius 3 is 1.88 bits per heavy atom. The first-order valence-electron chi connectivity index (χ1n) is 12.3. The zero-order chi connectivity index (χ0) is 22.5. The van der Waals surface area contributed by atoms with Gasteiger partial charge < -0.3 is 4.90 Å². The molecule has 0 aromatic heterocycles. The van der Waals surface area contributed by atoms with Crippen LogP contribution in [0.5, 0.6) is 0 Å². The SMILES string of the molecule is C1CC2CC1CC2PC1C[C@@H]2CC[C@H]1C2.CN(C)c1ccccc1-c1[c-]cccc1.[Cl][Pd+]. The number of nitrogens with zero attached hydrogens (tertiary/aromatic N) is 1. The Morgan fingerprint density at radius 1 is 0.812 bits per heavy atom. The van der Waals surface area contributed by atoms with Gasteiger partial charge in [0.2, 0.25) is 0 Å². The first kappa shape index (κ1) is 24.7. The molecular formula is C28H37ClNPPd. The van der Waals surface area contributed by atoms with E-state index in [0.29, 0.717) is 0 Å². The van der Waals surface area contributed by atoms with Crippen LogP contribution in [0.2, 0.25) is 0 Å². The summed E-state index contributed by atoms with van der Waals surface area (Å²) in [5.41, 5.74) is 5.99. The quantitative estimate of drug-likeness (QED) is 0.209. The molecule has 2 aromatic rings. The summed E-state index contributed by atoms with van der Waals surface area (Å²) in [6.07, 6.45) is 12.9. The Labute approximate surface area is 212 Å². The van der Waals surface area contributed by atoms with Gasteiger partial charge in [0.25, 0.3) is 0 Å². The third-order valence-electron chi connectivity index (χ3n) is 8.29. The number of fused-ring (bicyclic) bond motifs is 4. The summed E-state index contributed by atoms with van der Waals surface area (Å²) in [6, 6.07) is 19.7.